The molecule has 1 aromatic rings. The average Bonchev–Trinajstić information content (AvgIpc) is 3.02. The van der Waals surface area contributed by atoms with E-state index in [0.717, 1.165) is 19.3 Å². The van der Waals surface area contributed by atoms with E-state index in [4.69, 9.17) is 19.9 Å². The molecule has 2 fully saturated rings. The maximum absolute atomic E-state index is 12.6. The third-order valence-electron chi connectivity index (χ3n) is 5.11. The molecule has 1 atom stereocenters. The molecule has 1 aliphatic carbocycles. The summed E-state index contributed by atoms with van der Waals surface area (Å²) in [6.45, 7) is 1.43. The van der Waals surface area contributed by atoms with Gasteiger partial charge in [-0.2, -0.15) is 0 Å². The van der Waals surface area contributed by atoms with Gasteiger partial charge in [-0.15, -0.1) is 0 Å². The van der Waals surface area contributed by atoms with Crippen LogP contribution in [0, 0.1) is 0 Å². The van der Waals surface area contributed by atoms with Crippen molar-refractivity contribution in [3.05, 3.63) is 23.8 Å². The quantitative estimate of drug-likeness (QED) is 0.824. The molecule has 1 saturated carbocycles. The molecular weight excluding hydrogens is 320 g/mol. The largest absolute Gasteiger partial charge is 0.493 e. The maximum atomic E-state index is 12.6. The van der Waals surface area contributed by atoms with Crippen LogP contribution in [0.1, 0.15) is 48.9 Å². The topological polar surface area (TPSA) is 82.8 Å². The molecule has 3 rings (SSSR count). The lowest BCUT2D eigenvalue weighted by molar-refractivity contribution is -0.0246. The summed E-state index contributed by atoms with van der Waals surface area (Å²) in [5.74, 6) is 1.02. The molecule has 25 heavy (non-hydrogen) atoms. The SMILES string of the molecule is COc1cc(C(=O)N[C@H]2COC3(CCCCC3)C2)ccc1OCCN. The molecule has 0 unspecified atom stereocenters. The fraction of sp³-hybridized carbons (Fsp3) is 0.632. The first kappa shape index (κ1) is 18.0. The second kappa shape index (κ2) is 8.06. The minimum atomic E-state index is -0.106. The van der Waals surface area contributed by atoms with Crippen LogP contribution in [0.3, 0.4) is 0 Å². The molecule has 0 aromatic heterocycles. The van der Waals surface area contributed by atoms with Crippen molar-refractivity contribution in [3.63, 3.8) is 0 Å². The number of ether oxygens (including phenoxy) is 3. The van der Waals surface area contributed by atoms with E-state index in [0.29, 0.717) is 36.8 Å². The number of hydrogen-bond donors (Lipinski definition) is 2. The van der Waals surface area contributed by atoms with Gasteiger partial charge in [-0.05, 0) is 37.5 Å². The molecule has 138 valence electrons. The van der Waals surface area contributed by atoms with E-state index in [2.05, 4.69) is 5.32 Å². The summed E-state index contributed by atoms with van der Waals surface area (Å²) in [6.07, 6.45) is 6.87. The third kappa shape index (κ3) is 4.25. The van der Waals surface area contributed by atoms with Crippen molar-refractivity contribution in [2.45, 2.75) is 50.2 Å². The highest BCUT2D eigenvalue weighted by Crippen LogP contribution is 2.39. The standard InChI is InChI=1S/C19H28N2O4/c1-23-17-11-14(5-6-16(17)24-10-9-20)18(22)21-15-12-19(25-13-15)7-3-2-4-8-19/h5-6,11,15H,2-4,7-10,12-13,20H2,1H3,(H,21,22)/t15-/m1/s1. The molecule has 1 aromatic carbocycles. The monoisotopic (exact) mass is 348 g/mol. The van der Waals surface area contributed by atoms with E-state index >= 15 is 0 Å². The smallest absolute Gasteiger partial charge is 0.251 e. The lowest BCUT2D eigenvalue weighted by Gasteiger charge is -2.32. The second-order valence-electron chi connectivity index (χ2n) is 6.93. The summed E-state index contributed by atoms with van der Waals surface area (Å²) in [4.78, 5) is 12.6. The molecule has 0 radical (unpaired) electrons. The summed E-state index contributed by atoms with van der Waals surface area (Å²) in [5.41, 5.74) is 6.01. The van der Waals surface area contributed by atoms with Crippen molar-refractivity contribution >= 4 is 5.91 Å². The Morgan fingerprint density at radius 1 is 1.32 bits per heavy atom. The van der Waals surface area contributed by atoms with E-state index in [-0.39, 0.29) is 17.6 Å². The number of nitrogens with two attached hydrogens (primary N) is 1. The Bertz CT molecular complexity index is 599. The molecule has 1 saturated heterocycles. The number of nitrogens with one attached hydrogen (secondary N) is 1. The van der Waals surface area contributed by atoms with Crippen LogP contribution in [0.5, 0.6) is 11.5 Å². The van der Waals surface area contributed by atoms with Gasteiger partial charge < -0.3 is 25.3 Å². The predicted molar refractivity (Wildman–Crippen MR) is 95.2 cm³/mol. The summed E-state index contributed by atoms with van der Waals surface area (Å²) in [7, 11) is 1.56. The number of hydrogen-bond acceptors (Lipinski definition) is 5. The lowest BCUT2D eigenvalue weighted by atomic mass is 9.82. The van der Waals surface area contributed by atoms with Gasteiger partial charge in [0.05, 0.1) is 25.4 Å². The van der Waals surface area contributed by atoms with Crippen LogP contribution >= 0.6 is 0 Å². The Labute approximate surface area is 149 Å². The van der Waals surface area contributed by atoms with Gasteiger partial charge in [0, 0.05) is 12.1 Å². The summed E-state index contributed by atoms with van der Waals surface area (Å²) >= 11 is 0. The molecule has 1 spiro atoms. The minimum Gasteiger partial charge on any atom is -0.493 e. The Morgan fingerprint density at radius 2 is 2.12 bits per heavy atom. The summed E-state index contributed by atoms with van der Waals surface area (Å²) in [6, 6.07) is 5.27. The van der Waals surface area contributed by atoms with Crippen LogP contribution in [0.2, 0.25) is 0 Å². The average molecular weight is 348 g/mol. The zero-order valence-corrected chi connectivity index (χ0v) is 14.9. The maximum Gasteiger partial charge on any atom is 0.251 e. The first-order valence-electron chi connectivity index (χ1n) is 9.11. The van der Waals surface area contributed by atoms with Crippen LogP contribution in [0.15, 0.2) is 18.2 Å². The number of benzene rings is 1. The van der Waals surface area contributed by atoms with E-state index in [1.54, 1.807) is 25.3 Å². The zero-order valence-electron chi connectivity index (χ0n) is 14.9. The molecule has 3 N–H and O–H groups in total. The molecule has 6 nitrogen and oxygen atoms in total. The highest BCUT2D eigenvalue weighted by molar-refractivity contribution is 5.95. The highest BCUT2D eigenvalue weighted by atomic mass is 16.5. The van der Waals surface area contributed by atoms with E-state index < -0.39 is 0 Å². The lowest BCUT2D eigenvalue weighted by Crippen LogP contribution is -2.37. The molecule has 1 aliphatic heterocycles. The number of carbonyl (C=O) groups excluding carboxylic acids is 1. The second-order valence-corrected chi connectivity index (χ2v) is 6.93. The number of rotatable bonds is 6. The first-order chi connectivity index (χ1) is 12.2. The molecule has 6 heteroatoms. The summed E-state index contributed by atoms with van der Waals surface area (Å²) < 4.78 is 16.9. The number of carbonyl (C=O) groups is 1. The molecular formula is C19H28N2O4. The normalized spacial score (nSPS) is 21.9. The number of amides is 1. The van der Waals surface area contributed by atoms with Gasteiger partial charge in [0.15, 0.2) is 11.5 Å². The van der Waals surface area contributed by atoms with Gasteiger partial charge in [0.1, 0.15) is 6.61 Å². The van der Waals surface area contributed by atoms with Crippen LogP contribution in [0.25, 0.3) is 0 Å². The van der Waals surface area contributed by atoms with Gasteiger partial charge in [-0.3, -0.25) is 4.79 Å². The van der Waals surface area contributed by atoms with E-state index in [9.17, 15) is 4.79 Å². The highest BCUT2D eigenvalue weighted by Gasteiger charge is 2.41. The third-order valence-corrected chi connectivity index (χ3v) is 5.11. The Morgan fingerprint density at radius 3 is 2.84 bits per heavy atom. The van der Waals surface area contributed by atoms with Gasteiger partial charge in [-0.25, -0.2) is 0 Å². The van der Waals surface area contributed by atoms with E-state index in [1.165, 1.54) is 19.3 Å². The molecule has 1 amide bonds. The Balaban J connectivity index is 1.61. The van der Waals surface area contributed by atoms with Crippen molar-refractivity contribution in [2.24, 2.45) is 5.73 Å². The van der Waals surface area contributed by atoms with Gasteiger partial charge in [0.25, 0.3) is 5.91 Å². The van der Waals surface area contributed by atoms with Crippen molar-refractivity contribution in [1.82, 2.24) is 5.32 Å². The van der Waals surface area contributed by atoms with E-state index in [1.807, 2.05) is 0 Å². The van der Waals surface area contributed by atoms with Gasteiger partial charge in [-0.1, -0.05) is 19.3 Å². The van der Waals surface area contributed by atoms with Gasteiger partial charge in [0.2, 0.25) is 0 Å². The van der Waals surface area contributed by atoms with Crippen molar-refractivity contribution in [2.75, 3.05) is 26.9 Å². The zero-order chi connectivity index (χ0) is 17.7. The Kier molecular flexibility index (Phi) is 5.81. The van der Waals surface area contributed by atoms with Crippen LogP contribution < -0.4 is 20.5 Å². The van der Waals surface area contributed by atoms with Crippen LogP contribution in [0.4, 0.5) is 0 Å². The van der Waals surface area contributed by atoms with Crippen molar-refractivity contribution < 1.29 is 19.0 Å². The summed E-state index contributed by atoms with van der Waals surface area (Å²) in [5, 5.41) is 3.10. The molecule has 1 heterocycles. The van der Waals surface area contributed by atoms with Crippen molar-refractivity contribution in [1.29, 1.82) is 0 Å². The fourth-order valence-electron chi connectivity index (χ4n) is 3.85. The molecule has 2 aliphatic rings. The van der Waals surface area contributed by atoms with Gasteiger partial charge >= 0.3 is 0 Å². The fourth-order valence-corrected chi connectivity index (χ4v) is 3.85. The Hall–Kier alpha value is -1.79. The minimum absolute atomic E-state index is 0.00614. The van der Waals surface area contributed by atoms with Crippen molar-refractivity contribution in [3.8, 4) is 11.5 Å². The van der Waals surface area contributed by atoms with Crippen LogP contribution in [-0.4, -0.2) is 44.4 Å². The van der Waals surface area contributed by atoms with Crippen LogP contribution in [-0.2, 0) is 4.74 Å². The molecule has 0 bridgehead atoms. The first-order valence-corrected chi connectivity index (χ1v) is 9.11. The predicted octanol–water partition coefficient (Wildman–Crippen LogP) is 2.25. The number of methoxy groups -OCH3 is 1.